The van der Waals surface area contributed by atoms with E-state index in [1.54, 1.807) is 6.07 Å². The van der Waals surface area contributed by atoms with Crippen LogP contribution < -0.4 is 5.63 Å². The lowest BCUT2D eigenvalue weighted by Gasteiger charge is -2.21. The molecule has 1 aliphatic carbocycles. The average Bonchev–Trinajstić information content (AvgIpc) is 3.11. The van der Waals surface area contributed by atoms with E-state index in [4.69, 9.17) is 4.42 Å². The summed E-state index contributed by atoms with van der Waals surface area (Å²) in [7, 11) is 0. The predicted molar refractivity (Wildman–Crippen MR) is 104 cm³/mol. The standard InChI is InChI=1S/C21H18N2O2S/c1-13-5-4-7-14(9-13)17(11-22)20-23-18(12-26-20)16-10-15-6-2-3-8-19(15)25-21(16)24/h2-3,6,8,10,12-13H,4-5,7,9H2,1H3/b17-14+/t13-/m0/s1. The van der Waals surface area contributed by atoms with E-state index in [-0.39, 0.29) is 0 Å². The SMILES string of the molecule is C[C@H]1CCC/C(=C(/C#N)c2nc(-c3cc4ccccc4oc3=O)cs2)C1. The molecule has 0 N–H and O–H groups in total. The van der Waals surface area contributed by atoms with Gasteiger partial charge in [-0.3, -0.25) is 0 Å². The molecular weight excluding hydrogens is 344 g/mol. The van der Waals surface area contributed by atoms with Crippen molar-refractivity contribution in [3.05, 3.63) is 56.7 Å². The van der Waals surface area contributed by atoms with Crippen LogP contribution in [0.25, 0.3) is 27.8 Å². The van der Waals surface area contributed by atoms with Gasteiger partial charge in [0.15, 0.2) is 0 Å². The zero-order valence-corrected chi connectivity index (χ0v) is 15.3. The van der Waals surface area contributed by atoms with Crippen molar-refractivity contribution in [1.29, 1.82) is 5.26 Å². The van der Waals surface area contributed by atoms with Crippen LogP contribution in [0, 0.1) is 17.2 Å². The molecule has 0 unspecified atom stereocenters. The van der Waals surface area contributed by atoms with E-state index in [2.05, 4.69) is 18.0 Å². The molecule has 0 radical (unpaired) electrons. The third-order valence-corrected chi connectivity index (χ3v) is 5.73. The van der Waals surface area contributed by atoms with Gasteiger partial charge in [0, 0.05) is 10.8 Å². The Morgan fingerprint density at radius 3 is 3.04 bits per heavy atom. The van der Waals surface area contributed by atoms with Crippen molar-refractivity contribution in [3.8, 4) is 17.3 Å². The van der Waals surface area contributed by atoms with Crippen LogP contribution in [0.2, 0.25) is 0 Å². The van der Waals surface area contributed by atoms with E-state index in [0.717, 1.165) is 24.6 Å². The topological polar surface area (TPSA) is 66.9 Å². The van der Waals surface area contributed by atoms with Crippen molar-refractivity contribution < 1.29 is 4.42 Å². The minimum atomic E-state index is -0.405. The highest BCUT2D eigenvalue weighted by Crippen LogP contribution is 2.35. The summed E-state index contributed by atoms with van der Waals surface area (Å²) in [6.45, 7) is 2.22. The Labute approximate surface area is 155 Å². The van der Waals surface area contributed by atoms with Crippen LogP contribution in [0.4, 0.5) is 0 Å². The summed E-state index contributed by atoms with van der Waals surface area (Å²) in [6, 6.07) is 11.6. The molecule has 0 bridgehead atoms. The maximum atomic E-state index is 12.3. The molecule has 2 heterocycles. The zero-order valence-electron chi connectivity index (χ0n) is 14.5. The van der Waals surface area contributed by atoms with Crippen LogP contribution in [0.3, 0.4) is 0 Å². The Kier molecular flexibility index (Phi) is 4.44. The number of para-hydroxylation sites is 1. The lowest BCUT2D eigenvalue weighted by atomic mass is 9.84. The van der Waals surface area contributed by atoms with E-state index >= 15 is 0 Å². The molecule has 4 nitrogen and oxygen atoms in total. The van der Waals surface area contributed by atoms with Crippen LogP contribution in [0.15, 0.2) is 50.5 Å². The number of nitrogens with zero attached hydrogens (tertiary/aromatic N) is 2. The van der Waals surface area contributed by atoms with E-state index in [9.17, 15) is 10.1 Å². The van der Waals surface area contributed by atoms with Crippen LogP contribution in [0.5, 0.6) is 0 Å². The summed E-state index contributed by atoms with van der Waals surface area (Å²) in [5.74, 6) is 0.606. The maximum Gasteiger partial charge on any atom is 0.345 e. The normalized spacial score (nSPS) is 19.3. The maximum absolute atomic E-state index is 12.3. The van der Waals surface area contributed by atoms with Crippen molar-refractivity contribution in [3.63, 3.8) is 0 Å². The number of fused-ring (bicyclic) bond motifs is 1. The molecule has 1 atom stereocenters. The number of hydrogen-bond acceptors (Lipinski definition) is 5. The lowest BCUT2D eigenvalue weighted by molar-refractivity contribution is 0.454. The molecule has 3 aromatic rings. The Hall–Kier alpha value is -2.71. The predicted octanol–water partition coefficient (Wildman–Crippen LogP) is 5.40. The van der Waals surface area contributed by atoms with Crippen LogP contribution in [-0.2, 0) is 0 Å². The lowest BCUT2D eigenvalue weighted by Crippen LogP contribution is -2.06. The van der Waals surface area contributed by atoms with Crippen molar-refractivity contribution >= 4 is 27.9 Å². The molecule has 1 saturated carbocycles. The molecule has 26 heavy (non-hydrogen) atoms. The van der Waals surface area contributed by atoms with Crippen molar-refractivity contribution in [2.75, 3.05) is 0 Å². The van der Waals surface area contributed by atoms with Gasteiger partial charge in [-0.15, -0.1) is 11.3 Å². The Balaban J connectivity index is 1.77. The molecule has 5 heteroatoms. The molecule has 0 aliphatic heterocycles. The van der Waals surface area contributed by atoms with Crippen LogP contribution >= 0.6 is 11.3 Å². The number of benzene rings is 1. The molecule has 1 fully saturated rings. The van der Waals surface area contributed by atoms with Gasteiger partial charge >= 0.3 is 5.63 Å². The summed E-state index contributed by atoms with van der Waals surface area (Å²) in [6.07, 6.45) is 4.24. The molecule has 0 saturated heterocycles. The first-order valence-electron chi connectivity index (χ1n) is 8.77. The molecular formula is C21H18N2O2S. The van der Waals surface area contributed by atoms with Gasteiger partial charge < -0.3 is 4.42 Å². The molecule has 130 valence electrons. The second kappa shape index (κ2) is 6.89. The van der Waals surface area contributed by atoms with Crippen molar-refractivity contribution in [1.82, 2.24) is 4.98 Å². The third-order valence-electron chi connectivity index (χ3n) is 4.87. The molecule has 1 aliphatic rings. The highest BCUT2D eigenvalue weighted by molar-refractivity contribution is 7.11. The van der Waals surface area contributed by atoms with E-state index in [0.29, 0.717) is 33.3 Å². The fourth-order valence-corrected chi connectivity index (χ4v) is 4.41. The zero-order chi connectivity index (χ0) is 18.1. The van der Waals surface area contributed by atoms with E-state index in [1.165, 1.54) is 23.3 Å². The summed E-state index contributed by atoms with van der Waals surface area (Å²) >= 11 is 1.41. The van der Waals surface area contributed by atoms with Gasteiger partial charge in [0.05, 0.1) is 16.8 Å². The summed E-state index contributed by atoms with van der Waals surface area (Å²) < 4.78 is 5.41. The summed E-state index contributed by atoms with van der Waals surface area (Å²) in [5, 5.41) is 13.1. The summed E-state index contributed by atoms with van der Waals surface area (Å²) in [5.41, 5.74) is 3.04. The Bertz CT molecular complexity index is 1100. The molecule has 0 spiro atoms. The van der Waals surface area contributed by atoms with E-state index < -0.39 is 5.63 Å². The smallest absolute Gasteiger partial charge is 0.345 e. The van der Waals surface area contributed by atoms with Crippen LogP contribution in [-0.4, -0.2) is 4.98 Å². The number of aromatic nitrogens is 1. The molecule has 0 amide bonds. The number of allylic oxidation sites excluding steroid dienone is 2. The first kappa shape index (κ1) is 16.7. The minimum Gasteiger partial charge on any atom is -0.422 e. The summed E-state index contributed by atoms with van der Waals surface area (Å²) in [4.78, 5) is 16.9. The Morgan fingerprint density at radius 1 is 1.38 bits per heavy atom. The fraction of sp³-hybridized carbons (Fsp3) is 0.286. The number of nitriles is 1. The second-order valence-electron chi connectivity index (χ2n) is 6.82. The monoisotopic (exact) mass is 362 g/mol. The molecule has 2 aromatic heterocycles. The van der Waals surface area contributed by atoms with Gasteiger partial charge in [-0.2, -0.15) is 5.26 Å². The van der Waals surface area contributed by atoms with Crippen molar-refractivity contribution in [2.45, 2.75) is 32.6 Å². The number of thiazole rings is 1. The quantitative estimate of drug-likeness (QED) is 0.452. The van der Waals surface area contributed by atoms with Crippen molar-refractivity contribution in [2.24, 2.45) is 5.92 Å². The first-order valence-corrected chi connectivity index (χ1v) is 9.65. The first-order chi connectivity index (χ1) is 12.7. The molecule has 1 aromatic carbocycles. The van der Waals surface area contributed by atoms with Crippen LogP contribution in [0.1, 0.15) is 37.6 Å². The Morgan fingerprint density at radius 2 is 2.23 bits per heavy atom. The largest absolute Gasteiger partial charge is 0.422 e. The van der Waals surface area contributed by atoms with Gasteiger partial charge in [-0.25, -0.2) is 9.78 Å². The van der Waals surface area contributed by atoms with Gasteiger partial charge in [0.25, 0.3) is 0 Å². The highest BCUT2D eigenvalue weighted by Gasteiger charge is 2.20. The third kappa shape index (κ3) is 3.09. The number of rotatable bonds is 2. The average molecular weight is 362 g/mol. The molecule has 4 rings (SSSR count). The van der Waals surface area contributed by atoms with Gasteiger partial charge in [-0.05, 0) is 42.9 Å². The fourth-order valence-electron chi connectivity index (χ4n) is 3.55. The van der Waals surface area contributed by atoms with Gasteiger partial charge in [0.1, 0.15) is 16.7 Å². The van der Waals surface area contributed by atoms with Gasteiger partial charge in [-0.1, -0.05) is 31.5 Å². The van der Waals surface area contributed by atoms with Gasteiger partial charge in [0.2, 0.25) is 0 Å². The highest BCUT2D eigenvalue weighted by atomic mass is 32.1. The minimum absolute atomic E-state index is 0.405. The second-order valence-corrected chi connectivity index (χ2v) is 7.67. The van der Waals surface area contributed by atoms with E-state index in [1.807, 2.05) is 29.6 Å². The number of hydrogen-bond donors (Lipinski definition) is 0.